The van der Waals surface area contributed by atoms with Crippen LogP contribution in [0.3, 0.4) is 0 Å². The van der Waals surface area contributed by atoms with Crippen LogP contribution in [0.15, 0.2) is 0 Å². The molecule has 1 N–H and O–H groups in total. The summed E-state index contributed by atoms with van der Waals surface area (Å²) in [4.78, 5) is 0. The molecule has 2 unspecified atom stereocenters. The van der Waals surface area contributed by atoms with Crippen molar-refractivity contribution in [3.05, 3.63) is 0 Å². The first kappa shape index (κ1) is 19.2. The maximum Gasteiger partial charge on any atom is 0.0322 e. The zero-order valence-corrected chi connectivity index (χ0v) is 14.3. The quantitative estimate of drug-likeness (QED) is 0.310. The van der Waals surface area contributed by atoms with E-state index in [0.717, 1.165) is 13.0 Å². The molecule has 0 bridgehead atoms. The van der Waals surface area contributed by atoms with Crippen LogP contribution in [0, 0.1) is 0 Å². The second kappa shape index (κ2) is 14.7. The van der Waals surface area contributed by atoms with E-state index in [1.165, 1.54) is 64.2 Å². The van der Waals surface area contributed by atoms with E-state index < -0.39 is 0 Å². The molecule has 0 rings (SSSR count). The first-order valence-corrected chi connectivity index (χ1v) is 8.98. The minimum Gasteiger partial charge on any atom is -0.314 e. The monoisotopic (exact) mass is 289 g/mol. The standard InChI is InChI=1S/C17H36ClN/c1-4-5-6-7-8-9-10-11-12-13-14-19-17(3)15-16(2)18/h16-17,19H,4-15H2,1-3H3. The molecule has 0 aromatic heterocycles. The van der Waals surface area contributed by atoms with Crippen molar-refractivity contribution in [2.24, 2.45) is 0 Å². The number of alkyl halides is 1. The Morgan fingerprint density at radius 3 is 1.74 bits per heavy atom. The predicted octanol–water partition coefficient (Wildman–Crippen LogP) is 5.90. The topological polar surface area (TPSA) is 12.0 Å². The van der Waals surface area contributed by atoms with Crippen LogP contribution >= 0.6 is 11.6 Å². The highest BCUT2D eigenvalue weighted by atomic mass is 35.5. The zero-order valence-electron chi connectivity index (χ0n) is 13.5. The Kier molecular flexibility index (Phi) is 14.8. The van der Waals surface area contributed by atoms with Crippen LogP contribution in [-0.2, 0) is 0 Å². The van der Waals surface area contributed by atoms with Gasteiger partial charge in [-0.2, -0.15) is 0 Å². The lowest BCUT2D eigenvalue weighted by Crippen LogP contribution is -2.28. The van der Waals surface area contributed by atoms with Crippen molar-refractivity contribution in [2.75, 3.05) is 6.54 Å². The molecule has 0 amide bonds. The summed E-state index contributed by atoms with van der Waals surface area (Å²) in [5.41, 5.74) is 0. The third-order valence-electron chi connectivity index (χ3n) is 3.70. The van der Waals surface area contributed by atoms with Crippen molar-refractivity contribution in [1.29, 1.82) is 0 Å². The molecule has 0 aliphatic carbocycles. The minimum atomic E-state index is 0.287. The summed E-state index contributed by atoms with van der Waals surface area (Å²) in [6, 6.07) is 0.561. The summed E-state index contributed by atoms with van der Waals surface area (Å²) < 4.78 is 0. The van der Waals surface area contributed by atoms with E-state index in [1.54, 1.807) is 0 Å². The molecule has 0 aromatic rings. The van der Waals surface area contributed by atoms with Gasteiger partial charge < -0.3 is 5.32 Å². The molecule has 2 heteroatoms. The maximum atomic E-state index is 5.98. The summed E-state index contributed by atoms with van der Waals surface area (Å²) in [5.74, 6) is 0. The molecule has 19 heavy (non-hydrogen) atoms. The van der Waals surface area contributed by atoms with Gasteiger partial charge in [0.15, 0.2) is 0 Å². The first-order valence-electron chi connectivity index (χ1n) is 8.54. The largest absolute Gasteiger partial charge is 0.314 e. The number of rotatable bonds is 14. The van der Waals surface area contributed by atoms with Crippen molar-refractivity contribution in [1.82, 2.24) is 5.32 Å². The minimum absolute atomic E-state index is 0.287. The molecule has 1 nitrogen and oxygen atoms in total. The highest BCUT2D eigenvalue weighted by molar-refractivity contribution is 6.20. The third kappa shape index (κ3) is 16.2. The lowest BCUT2D eigenvalue weighted by molar-refractivity contribution is 0.486. The molecule has 0 aliphatic heterocycles. The van der Waals surface area contributed by atoms with Gasteiger partial charge in [-0.05, 0) is 33.2 Å². The van der Waals surface area contributed by atoms with Crippen LogP contribution in [0.4, 0.5) is 0 Å². The van der Waals surface area contributed by atoms with Gasteiger partial charge in [0.1, 0.15) is 0 Å². The molecule has 0 heterocycles. The Morgan fingerprint density at radius 1 is 0.789 bits per heavy atom. The van der Waals surface area contributed by atoms with E-state index in [4.69, 9.17) is 11.6 Å². The molecule has 2 atom stereocenters. The van der Waals surface area contributed by atoms with Gasteiger partial charge in [-0.15, -0.1) is 11.6 Å². The zero-order chi connectivity index (χ0) is 14.3. The summed E-state index contributed by atoms with van der Waals surface area (Å²) in [5, 5.41) is 3.84. The molecule has 0 aromatic carbocycles. The van der Waals surface area contributed by atoms with E-state index in [-0.39, 0.29) is 5.38 Å². The number of halogens is 1. The second-order valence-electron chi connectivity index (χ2n) is 6.05. The summed E-state index contributed by atoms with van der Waals surface area (Å²) >= 11 is 5.98. The van der Waals surface area contributed by atoms with Crippen LogP contribution < -0.4 is 5.32 Å². The molecule has 0 spiro atoms. The van der Waals surface area contributed by atoms with Gasteiger partial charge in [-0.1, -0.05) is 64.7 Å². The van der Waals surface area contributed by atoms with Crippen molar-refractivity contribution < 1.29 is 0 Å². The molecule has 0 aliphatic rings. The van der Waals surface area contributed by atoms with Gasteiger partial charge in [0, 0.05) is 11.4 Å². The predicted molar refractivity (Wildman–Crippen MR) is 89.2 cm³/mol. The number of hydrogen-bond donors (Lipinski definition) is 1. The Morgan fingerprint density at radius 2 is 1.26 bits per heavy atom. The molecular formula is C17H36ClN. The molecule has 116 valence electrons. The van der Waals surface area contributed by atoms with Crippen molar-refractivity contribution >= 4 is 11.6 Å². The van der Waals surface area contributed by atoms with Gasteiger partial charge in [0.05, 0.1) is 0 Å². The van der Waals surface area contributed by atoms with Crippen molar-refractivity contribution in [2.45, 2.75) is 103 Å². The number of hydrogen-bond acceptors (Lipinski definition) is 1. The Balaban J connectivity index is 3.06. The van der Waals surface area contributed by atoms with E-state index in [1.807, 2.05) is 0 Å². The molecule has 0 fully saturated rings. The molecular weight excluding hydrogens is 254 g/mol. The van der Waals surface area contributed by atoms with E-state index >= 15 is 0 Å². The fourth-order valence-electron chi connectivity index (χ4n) is 2.53. The Bertz CT molecular complexity index is 171. The molecule has 0 radical (unpaired) electrons. The number of nitrogens with one attached hydrogen (secondary N) is 1. The lowest BCUT2D eigenvalue weighted by atomic mass is 10.1. The maximum absolute atomic E-state index is 5.98. The van der Waals surface area contributed by atoms with Crippen LogP contribution in [0.5, 0.6) is 0 Å². The van der Waals surface area contributed by atoms with Crippen molar-refractivity contribution in [3.8, 4) is 0 Å². The second-order valence-corrected chi connectivity index (χ2v) is 6.80. The van der Waals surface area contributed by atoms with E-state index in [0.29, 0.717) is 6.04 Å². The van der Waals surface area contributed by atoms with Crippen LogP contribution in [0.25, 0.3) is 0 Å². The number of unbranched alkanes of at least 4 members (excludes halogenated alkanes) is 9. The van der Waals surface area contributed by atoms with E-state index in [2.05, 4.69) is 26.1 Å². The smallest absolute Gasteiger partial charge is 0.0322 e. The van der Waals surface area contributed by atoms with Gasteiger partial charge >= 0.3 is 0 Å². The van der Waals surface area contributed by atoms with Crippen LogP contribution in [-0.4, -0.2) is 18.0 Å². The lowest BCUT2D eigenvalue weighted by Gasteiger charge is -2.14. The highest BCUT2D eigenvalue weighted by Gasteiger charge is 2.04. The summed E-state index contributed by atoms with van der Waals surface area (Å²) in [6.45, 7) is 7.74. The van der Waals surface area contributed by atoms with Gasteiger partial charge in [-0.25, -0.2) is 0 Å². The van der Waals surface area contributed by atoms with E-state index in [9.17, 15) is 0 Å². The third-order valence-corrected chi connectivity index (χ3v) is 3.88. The molecule has 0 saturated heterocycles. The Hall–Kier alpha value is 0.250. The summed E-state index contributed by atoms with van der Waals surface area (Å²) in [7, 11) is 0. The normalized spacial score (nSPS) is 14.5. The van der Waals surface area contributed by atoms with Crippen LogP contribution in [0.1, 0.15) is 91.4 Å². The average Bonchev–Trinajstić information content (AvgIpc) is 2.35. The van der Waals surface area contributed by atoms with Gasteiger partial charge in [-0.3, -0.25) is 0 Å². The van der Waals surface area contributed by atoms with Crippen molar-refractivity contribution in [3.63, 3.8) is 0 Å². The van der Waals surface area contributed by atoms with Gasteiger partial charge in [0.25, 0.3) is 0 Å². The highest BCUT2D eigenvalue weighted by Crippen LogP contribution is 2.10. The molecule has 0 saturated carbocycles. The fourth-order valence-corrected chi connectivity index (χ4v) is 2.80. The SMILES string of the molecule is CCCCCCCCCCCCNC(C)CC(C)Cl. The summed E-state index contributed by atoms with van der Waals surface area (Å²) in [6.07, 6.45) is 15.2. The van der Waals surface area contributed by atoms with Crippen LogP contribution in [0.2, 0.25) is 0 Å². The average molecular weight is 290 g/mol. The fraction of sp³-hybridized carbons (Fsp3) is 1.00. The first-order chi connectivity index (χ1) is 9.16. The Labute approximate surface area is 126 Å². The van der Waals surface area contributed by atoms with Gasteiger partial charge in [0.2, 0.25) is 0 Å².